The van der Waals surface area contributed by atoms with Crippen molar-refractivity contribution < 1.29 is 18.3 Å². The van der Waals surface area contributed by atoms with E-state index in [0.717, 1.165) is 19.2 Å². The number of aliphatic imine (C=N–C) groups is 1. The average Bonchev–Trinajstić information content (AvgIpc) is 2.71. The van der Waals surface area contributed by atoms with Gasteiger partial charge in [-0.05, 0) is 36.4 Å². The normalized spacial score (nSPS) is 15.2. The predicted molar refractivity (Wildman–Crippen MR) is 108 cm³/mol. The lowest BCUT2D eigenvalue weighted by molar-refractivity contribution is 0.0394. The molecule has 0 unspecified atom stereocenters. The van der Waals surface area contributed by atoms with Crippen LogP contribution in [0.15, 0.2) is 47.5 Å². The van der Waals surface area contributed by atoms with E-state index in [0.29, 0.717) is 32.0 Å². The molecule has 2 N–H and O–H groups in total. The van der Waals surface area contributed by atoms with Crippen molar-refractivity contribution in [3.05, 3.63) is 64.7 Å². The van der Waals surface area contributed by atoms with Crippen LogP contribution in [-0.2, 0) is 4.74 Å². The van der Waals surface area contributed by atoms with Gasteiger partial charge in [0.25, 0.3) is 5.91 Å². The van der Waals surface area contributed by atoms with Crippen molar-refractivity contribution in [2.45, 2.75) is 0 Å². The van der Waals surface area contributed by atoms with Crippen LogP contribution in [0.25, 0.3) is 0 Å². The van der Waals surface area contributed by atoms with Crippen LogP contribution in [0, 0.1) is 11.6 Å². The Hall–Kier alpha value is -2.55. The van der Waals surface area contributed by atoms with Gasteiger partial charge < -0.3 is 10.1 Å². The van der Waals surface area contributed by atoms with Crippen LogP contribution in [0.5, 0.6) is 0 Å². The summed E-state index contributed by atoms with van der Waals surface area (Å²) in [6.07, 6.45) is 0. The summed E-state index contributed by atoms with van der Waals surface area (Å²) in [4.78, 5) is 19.1. The number of nitrogens with zero attached hydrogens (tertiary/aromatic N) is 2. The summed E-state index contributed by atoms with van der Waals surface area (Å²) < 4.78 is 32.1. The number of carbonyl (C=O) groups is 1. The van der Waals surface area contributed by atoms with Gasteiger partial charge in [-0.3, -0.25) is 20.0 Å². The highest BCUT2D eigenvalue weighted by atomic mass is 35.5. The van der Waals surface area contributed by atoms with Crippen LogP contribution < -0.4 is 10.6 Å². The van der Waals surface area contributed by atoms with Gasteiger partial charge in [0.2, 0.25) is 5.96 Å². The Morgan fingerprint density at radius 1 is 1.17 bits per heavy atom. The largest absolute Gasteiger partial charge is 0.379 e. The lowest BCUT2D eigenvalue weighted by Gasteiger charge is -2.25. The smallest absolute Gasteiger partial charge is 0.258 e. The van der Waals surface area contributed by atoms with Crippen LogP contribution in [0.1, 0.15) is 10.4 Å². The fourth-order valence-corrected chi connectivity index (χ4v) is 2.94. The summed E-state index contributed by atoms with van der Waals surface area (Å²) in [7, 11) is 0. The molecule has 1 fully saturated rings. The third kappa shape index (κ3) is 6.49. The van der Waals surface area contributed by atoms with Crippen molar-refractivity contribution in [1.82, 2.24) is 10.2 Å². The van der Waals surface area contributed by atoms with Gasteiger partial charge in [-0.1, -0.05) is 17.7 Å². The van der Waals surface area contributed by atoms with Crippen molar-refractivity contribution in [2.75, 3.05) is 44.7 Å². The number of rotatable bonds is 5. The minimum atomic E-state index is -0.549. The Labute approximate surface area is 172 Å². The van der Waals surface area contributed by atoms with E-state index in [4.69, 9.17) is 16.3 Å². The summed E-state index contributed by atoms with van der Waals surface area (Å²) in [6, 6.07) is 9.42. The molecule has 0 saturated carbocycles. The van der Waals surface area contributed by atoms with Crippen LogP contribution in [-0.4, -0.2) is 56.2 Å². The topological polar surface area (TPSA) is 66.0 Å². The number of amides is 1. The maximum Gasteiger partial charge on any atom is 0.258 e. The number of morpholine rings is 1. The SMILES string of the molecule is O=C(NC(=NCCN1CCOCC1)Nc1ccc(F)c(Cl)c1)c1cccc(F)c1. The van der Waals surface area contributed by atoms with E-state index in [9.17, 15) is 13.6 Å². The molecule has 0 spiro atoms. The quantitative estimate of drug-likeness (QED) is 0.574. The number of halogens is 3. The minimum Gasteiger partial charge on any atom is -0.379 e. The molecule has 1 heterocycles. The number of carbonyl (C=O) groups excluding carboxylic acids is 1. The van der Waals surface area contributed by atoms with Gasteiger partial charge in [-0.2, -0.15) is 0 Å². The number of ether oxygens (including phenoxy) is 1. The fraction of sp³-hybridized carbons (Fsp3) is 0.300. The molecule has 9 heteroatoms. The molecule has 154 valence electrons. The first-order valence-corrected chi connectivity index (χ1v) is 9.52. The second-order valence-electron chi connectivity index (χ2n) is 6.40. The lowest BCUT2D eigenvalue weighted by Crippen LogP contribution is -2.39. The number of hydrogen-bond donors (Lipinski definition) is 2. The molecule has 0 bridgehead atoms. The molecule has 2 aromatic rings. The number of guanidine groups is 1. The molecule has 0 aromatic heterocycles. The Morgan fingerprint density at radius 3 is 2.69 bits per heavy atom. The van der Waals surface area contributed by atoms with E-state index >= 15 is 0 Å². The highest BCUT2D eigenvalue weighted by Crippen LogP contribution is 2.19. The van der Waals surface area contributed by atoms with E-state index < -0.39 is 17.5 Å². The molecule has 1 aliphatic heterocycles. The van der Waals surface area contributed by atoms with E-state index in [2.05, 4.69) is 20.5 Å². The van der Waals surface area contributed by atoms with Crippen molar-refractivity contribution in [3.8, 4) is 0 Å². The predicted octanol–water partition coefficient (Wildman–Crippen LogP) is 3.15. The Kier molecular flexibility index (Phi) is 7.51. The zero-order chi connectivity index (χ0) is 20.6. The summed E-state index contributed by atoms with van der Waals surface area (Å²) >= 11 is 5.82. The Morgan fingerprint density at radius 2 is 1.97 bits per heavy atom. The van der Waals surface area contributed by atoms with Gasteiger partial charge in [-0.25, -0.2) is 8.78 Å². The monoisotopic (exact) mass is 422 g/mol. The zero-order valence-electron chi connectivity index (χ0n) is 15.6. The van der Waals surface area contributed by atoms with Gasteiger partial charge in [0.1, 0.15) is 11.6 Å². The Bertz CT molecular complexity index is 889. The molecular weight excluding hydrogens is 402 g/mol. The zero-order valence-corrected chi connectivity index (χ0v) is 16.4. The molecule has 0 aliphatic carbocycles. The molecule has 6 nitrogen and oxygen atoms in total. The minimum absolute atomic E-state index is 0.0564. The highest BCUT2D eigenvalue weighted by Gasteiger charge is 2.13. The van der Waals surface area contributed by atoms with Gasteiger partial charge in [0, 0.05) is 30.9 Å². The lowest BCUT2D eigenvalue weighted by atomic mass is 10.2. The number of benzene rings is 2. The van der Waals surface area contributed by atoms with Crippen LogP contribution in [0.4, 0.5) is 14.5 Å². The summed E-state index contributed by atoms with van der Waals surface area (Å²) in [5.41, 5.74) is 0.617. The number of nitrogens with one attached hydrogen (secondary N) is 2. The molecule has 1 saturated heterocycles. The van der Waals surface area contributed by atoms with Gasteiger partial charge >= 0.3 is 0 Å². The van der Waals surface area contributed by atoms with Crippen LogP contribution in [0.2, 0.25) is 5.02 Å². The second-order valence-corrected chi connectivity index (χ2v) is 6.81. The first-order chi connectivity index (χ1) is 14.0. The average molecular weight is 423 g/mol. The van der Waals surface area contributed by atoms with Crippen molar-refractivity contribution >= 4 is 29.2 Å². The molecule has 29 heavy (non-hydrogen) atoms. The summed E-state index contributed by atoms with van der Waals surface area (Å²) in [5, 5.41) is 5.51. The molecule has 2 aromatic carbocycles. The van der Waals surface area contributed by atoms with Crippen molar-refractivity contribution in [2.24, 2.45) is 4.99 Å². The third-order valence-electron chi connectivity index (χ3n) is 4.29. The maximum absolute atomic E-state index is 13.4. The van der Waals surface area contributed by atoms with E-state index in [1.54, 1.807) is 0 Å². The van der Waals surface area contributed by atoms with Crippen LogP contribution >= 0.6 is 11.6 Å². The molecule has 0 radical (unpaired) electrons. The second kappa shape index (κ2) is 10.3. The number of hydrogen-bond acceptors (Lipinski definition) is 4. The first kappa shape index (κ1) is 21.2. The highest BCUT2D eigenvalue weighted by molar-refractivity contribution is 6.31. The standard InChI is InChI=1S/C20H21ClF2N4O2/c21-17-13-16(4-5-18(17)23)25-20(24-6-7-27-8-10-29-11-9-27)26-19(28)14-2-1-3-15(22)12-14/h1-5,12-13H,6-11H2,(H2,24,25,26,28). The number of anilines is 1. The summed E-state index contributed by atoms with van der Waals surface area (Å²) in [6.45, 7) is 4.11. The van der Waals surface area contributed by atoms with Gasteiger partial charge in [0.05, 0.1) is 24.8 Å². The van der Waals surface area contributed by atoms with Crippen LogP contribution in [0.3, 0.4) is 0 Å². The molecular formula is C20H21ClF2N4O2. The van der Waals surface area contributed by atoms with Gasteiger partial charge in [0.15, 0.2) is 0 Å². The summed E-state index contributed by atoms with van der Waals surface area (Å²) in [5.74, 6) is -1.42. The van der Waals surface area contributed by atoms with E-state index in [-0.39, 0.29) is 16.5 Å². The molecule has 0 atom stereocenters. The Balaban J connectivity index is 1.71. The first-order valence-electron chi connectivity index (χ1n) is 9.15. The van der Waals surface area contributed by atoms with E-state index in [1.165, 1.54) is 36.4 Å². The molecule has 3 rings (SSSR count). The van der Waals surface area contributed by atoms with Crippen molar-refractivity contribution in [3.63, 3.8) is 0 Å². The third-order valence-corrected chi connectivity index (χ3v) is 4.58. The molecule has 1 aliphatic rings. The van der Waals surface area contributed by atoms with E-state index in [1.807, 2.05) is 0 Å². The van der Waals surface area contributed by atoms with Gasteiger partial charge in [-0.15, -0.1) is 0 Å². The fourth-order valence-electron chi connectivity index (χ4n) is 2.76. The molecule has 1 amide bonds. The maximum atomic E-state index is 13.4. The van der Waals surface area contributed by atoms with Crippen molar-refractivity contribution in [1.29, 1.82) is 0 Å².